The molecule has 0 unspecified atom stereocenters. The zero-order valence-corrected chi connectivity index (χ0v) is 16.1. The van der Waals surface area contributed by atoms with Crippen molar-refractivity contribution in [1.29, 1.82) is 0 Å². The molecule has 2 aromatic carbocycles. The number of benzene rings is 2. The Kier molecular flexibility index (Phi) is 5.12. The Bertz CT molecular complexity index is 1090. The Morgan fingerprint density at radius 2 is 2.00 bits per heavy atom. The topological polar surface area (TPSA) is 104 Å². The van der Waals surface area contributed by atoms with Crippen molar-refractivity contribution >= 4 is 28.7 Å². The zero-order valence-electron chi connectivity index (χ0n) is 16.1. The van der Waals surface area contributed by atoms with Crippen LogP contribution in [0.4, 0.5) is 5.95 Å². The molecule has 148 valence electrons. The van der Waals surface area contributed by atoms with E-state index in [1.54, 1.807) is 6.20 Å². The van der Waals surface area contributed by atoms with Crippen LogP contribution in [0.25, 0.3) is 22.0 Å². The highest BCUT2D eigenvalue weighted by atomic mass is 16.4. The van der Waals surface area contributed by atoms with Crippen molar-refractivity contribution in [3.05, 3.63) is 53.7 Å². The van der Waals surface area contributed by atoms with Gasteiger partial charge in [0.1, 0.15) is 0 Å². The Morgan fingerprint density at radius 1 is 1.17 bits per heavy atom. The van der Waals surface area contributed by atoms with Crippen LogP contribution in [0.2, 0.25) is 0 Å². The van der Waals surface area contributed by atoms with Crippen LogP contribution >= 0.6 is 0 Å². The fourth-order valence-electron chi connectivity index (χ4n) is 3.14. The van der Waals surface area contributed by atoms with Gasteiger partial charge in [-0.05, 0) is 60.7 Å². The van der Waals surface area contributed by atoms with Gasteiger partial charge in [-0.2, -0.15) is 0 Å². The number of fused-ring (bicyclic) bond motifs is 1. The summed E-state index contributed by atoms with van der Waals surface area (Å²) in [5.74, 6) is -0.497. The second-order valence-electron chi connectivity index (χ2n) is 7.32. The first-order chi connectivity index (χ1) is 14.0. The average Bonchev–Trinajstić information content (AvgIpc) is 3.51. The minimum absolute atomic E-state index is 0.00424. The Labute approximate surface area is 168 Å². The number of aliphatic carboxylic acids is 1. The smallest absolute Gasteiger partial charge is 0.305 e. The van der Waals surface area contributed by atoms with Gasteiger partial charge >= 0.3 is 5.97 Å². The molecule has 1 amide bonds. The Balaban J connectivity index is 1.58. The van der Waals surface area contributed by atoms with Crippen LogP contribution in [0.3, 0.4) is 0 Å². The van der Waals surface area contributed by atoms with E-state index in [0.717, 1.165) is 40.4 Å². The van der Waals surface area contributed by atoms with Gasteiger partial charge in [-0.1, -0.05) is 12.1 Å². The predicted octanol–water partition coefficient (Wildman–Crippen LogP) is 3.38. The average molecular weight is 390 g/mol. The molecule has 0 spiro atoms. The summed E-state index contributed by atoms with van der Waals surface area (Å²) in [6, 6.07) is 12.0. The lowest BCUT2D eigenvalue weighted by atomic mass is 9.97. The second kappa shape index (κ2) is 7.87. The van der Waals surface area contributed by atoms with E-state index in [1.165, 1.54) is 0 Å². The number of aromatic nitrogens is 2. The van der Waals surface area contributed by atoms with Gasteiger partial charge in [0.05, 0.1) is 11.9 Å². The molecule has 0 saturated heterocycles. The normalized spacial score (nSPS) is 13.3. The van der Waals surface area contributed by atoms with Crippen LogP contribution in [-0.4, -0.2) is 39.5 Å². The van der Waals surface area contributed by atoms with Gasteiger partial charge in [0.2, 0.25) is 5.95 Å². The third-order valence-electron chi connectivity index (χ3n) is 4.93. The Hall–Kier alpha value is -3.48. The lowest BCUT2D eigenvalue weighted by Crippen LogP contribution is -2.25. The Morgan fingerprint density at radius 3 is 2.76 bits per heavy atom. The fourth-order valence-corrected chi connectivity index (χ4v) is 3.14. The molecule has 1 aromatic heterocycles. The molecule has 0 atom stereocenters. The number of aryl methyl sites for hydroxylation is 1. The van der Waals surface area contributed by atoms with Crippen molar-refractivity contribution in [3.8, 4) is 11.1 Å². The van der Waals surface area contributed by atoms with Crippen LogP contribution < -0.4 is 10.6 Å². The largest absolute Gasteiger partial charge is 0.481 e. The standard InChI is InChI=1S/C22H22N4O3/c1-13-2-3-15(21(29)25-17-5-6-17)11-18(13)14-4-7-19-16(10-14)12-24-22(26-19)23-9-8-20(27)28/h2-4,7,10-12,17H,5-6,8-9H2,1H3,(H,25,29)(H,27,28)(H,23,24,26). The monoisotopic (exact) mass is 390 g/mol. The summed E-state index contributed by atoms with van der Waals surface area (Å²) in [5, 5.41) is 15.5. The highest BCUT2D eigenvalue weighted by Crippen LogP contribution is 2.28. The zero-order chi connectivity index (χ0) is 20.4. The predicted molar refractivity (Wildman–Crippen MR) is 111 cm³/mol. The highest BCUT2D eigenvalue weighted by Gasteiger charge is 2.24. The molecule has 3 N–H and O–H groups in total. The van der Waals surface area contributed by atoms with Crippen LogP contribution in [-0.2, 0) is 4.79 Å². The third-order valence-corrected chi connectivity index (χ3v) is 4.93. The van der Waals surface area contributed by atoms with Crippen LogP contribution in [0, 0.1) is 6.92 Å². The summed E-state index contributed by atoms with van der Waals surface area (Å²) >= 11 is 0. The molecule has 1 aliphatic carbocycles. The van der Waals surface area contributed by atoms with E-state index < -0.39 is 5.97 Å². The summed E-state index contributed by atoms with van der Waals surface area (Å²) in [7, 11) is 0. The maximum atomic E-state index is 12.4. The molecule has 7 heteroatoms. The van der Waals surface area contributed by atoms with E-state index in [9.17, 15) is 9.59 Å². The number of hydrogen-bond donors (Lipinski definition) is 3. The van der Waals surface area contributed by atoms with Gasteiger partial charge in [0.25, 0.3) is 5.91 Å². The molecule has 1 aliphatic rings. The van der Waals surface area contributed by atoms with E-state index in [4.69, 9.17) is 5.11 Å². The molecule has 4 rings (SSSR count). The van der Waals surface area contributed by atoms with Crippen molar-refractivity contribution in [2.75, 3.05) is 11.9 Å². The van der Waals surface area contributed by atoms with Crippen LogP contribution in [0.1, 0.15) is 35.2 Å². The number of carboxylic acid groups (broad SMARTS) is 1. The lowest BCUT2D eigenvalue weighted by Gasteiger charge is -2.11. The molecule has 0 aliphatic heterocycles. The van der Waals surface area contributed by atoms with Crippen molar-refractivity contribution in [3.63, 3.8) is 0 Å². The molecule has 3 aromatic rings. The summed E-state index contributed by atoms with van der Waals surface area (Å²) in [5.41, 5.74) is 4.50. The molecule has 0 radical (unpaired) electrons. The van der Waals surface area contributed by atoms with E-state index in [-0.39, 0.29) is 18.9 Å². The van der Waals surface area contributed by atoms with Gasteiger partial charge in [0, 0.05) is 29.7 Å². The van der Waals surface area contributed by atoms with Gasteiger partial charge in [-0.15, -0.1) is 0 Å². The summed E-state index contributed by atoms with van der Waals surface area (Å²) < 4.78 is 0. The fraction of sp³-hybridized carbons (Fsp3) is 0.273. The van der Waals surface area contributed by atoms with Gasteiger partial charge < -0.3 is 15.7 Å². The molecule has 7 nitrogen and oxygen atoms in total. The minimum Gasteiger partial charge on any atom is -0.481 e. The van der Waals surface area contributed by atoms with Crippen molar-refractivity contribution in [1.82, 2.24) is 15.3 Å². The maximum absolute atomic E-state index is 12.4. The van der Waals surface area contributed by atoms with Crippen molar-refractivity contribution in [2.45, 2.75) is 32.2 Å². The quantitative estimate of drug-likeness (QED) is 0.571. The van der Waals surface area contributed by atoms with Gasteiger partial charge in [-0.3, -0.25) is 9.59 Å². The summed E-state index contributed by atoms with van der Waals surface area (Å²) in [4.78, 5) is 31.7. The first kappa shape index (κ1) is 18.9. The first-order valence-corrected chi connectivity index (χ1v) is 9.64. The first-order valence-electron chi connectivity index (χ1n) is 9.64. The number of carbonyl (C=O) groups excluding carboxylic acids is 1. The number of carbonyl (C=O) groups is 2. The summed E-state index contributed by atoms with van der Waals surface area (Å²) in [6.45, 7) is 2.29. The van der Waals surface area contributed by atoms with E-state index in [1.807, 2.05) is 43.3 Å². The molecule has 1 heterocycles. The minimum atomic E-state index is -0.869. The number of amides is 1. The number of hydrogen-bond acceptors (Lipinski definition) is 5. The molecule has 1 saturated carbocycles. The molecule has 1 fully saturated rings. The number of nitrogens with one attached hydrogen (secondary N) is 2. The van der Waals surface area contributed by atoms with Crippen LogP contribution in [0.15, 0.2) is 42.6 Å². The van der Waals surface area contributed by atoms with Crippen molar-refractivity contribution < 1.29 is 14.7 Å². The van der Waals surface area contributed by atoms with Crippen LogP contribution in [0.5, 0.6) is 0 Å². The SMILES string of the molecule is Cc1ccc(C(=O)NC2CC2)cc1-c1ccc2nc(NCCC(=O)O)ncc2c1. The molecular weight excluding hydrogens is 368 g/mol. The lowest BCUT2D eigenvalue weighted by molar-refractivity contribution is -0.136. The number of nitrogens with zero attached hydrogens (tertiary/aromatic N) is 2. The molecule has 29 heavy (non-hydrogen) atoms. The molecular formula is C22H22N4O3. The van der Waals surface area contributed by atoms with Crippen molar-refractivity contribution in [2.24, 2.45) is 0 Å². The van der Waals surface area contributed by atoms with E-state index in [0.29, 0.717) is 17.6 Å². The highest BCUT2D eigenvalue weighted by molar-refractivity contribution is 5.96. The maximum Gasteiger partial charge on any atom is 0.305 e. The number of rotatable bonds is 7. The number of carboxylic acids is 1. The van der Waals surface area contributed by atoms with Gasteiger partial charge in [-0.25, -0.2) is 9.97 Å². The summed E-state index contributed by atoms with van der Waals surface area (Å²) in [6.07, 6.45) is 3.84. The second-order valence-corrected chi connectivity index (χ2v) is 7.32. The van der Waals surface area contributed by atoms with E-state index >= 15 is 0 Å². The van der Waals surface area contributed by atoms with E-state index in [2.05, 4.69) is 20.6 Å². The van der Waals surface area contributed by atoms with Gasteiger partial charge in [0.15, 0.2) is 0 Å². The number of anilines is 1. The third kappa shape index (κ3) is 4.51. The molecule has 0 bridgehead atoms.